The number of anilines is 2. The second kappa shape index (κ2) is 13.8. The van der Waals surface area contributed by atoms with Gasteiger partial charge in [-0.25, -0.2) is 8.42 Å². The molecule has 7 heteroatoms. The van der Waals surface area contributed by atoms with Crippen LogP contribution in [0, 0.1) is 5.92 Å². The van der Waals surface area contributed by atoms with Crippen molar-refractivity contribution in [1.29, 1.82) is 0 Å². The van der Waals surface area contributed by atoms with Gasteiger partial charge in [-0.3, -0.25) is 0 Å². The third kappa shape index (κ3) is 6.06. The first-order valence-electron chi connectivity index (χ1n) is 18.5. The van der Waals surface area contributed by atoms with Gasteiger partial charge in [0.15, 0.2) is 6.54 Å². The minimum absolute atomic E-state index is 0.350. The second-order valence-electron chi connectivity index (χ2n) is 14.2. The first kappa shape index (κ1) is 33.4. The molecule has 0 radical (unpaired) electrons. The van der Waals surface area contributed by atoms with E-state index in [9.17, 15) is 8.42 Å². The van der Waals surface area contributed by atoms with E-state index in [2.05, 4.69) is 115 Å². The Balaban J connectivity index is 0.00000121. The predicted octanol–water partition coefficient (Wildman–Crippen LogP) is 9.40. The van der Waals surface area contributed by atoms with E-state index in [0.29, 0.717) is 29.5 Å². The topological polar surface area (TPSA) is 56.8 Å². The molecule has 4 aromatic rings. The van der Waals surface area contributed by atoms with Crippen LogP contribution in [0.25, 0.3) is 33.4 Å². The van der Waals surface area contributed by atoms with Gasteiger partial charge in [-0.1, -0.05) is 81.8 Å². The molecule has 0 saturated carbocycles. The van der Waals surface area contributed by atoms with Gasteiger partial charge in [-0.15, -0.1) is 0 Å². The lowest BCUT2D eigenvalue weighted by atomic mass is 9.93. The van der Waals surface area contributed by atoms with E-state index in [1.165, 1.54) is 28.9 Å². The number of rotatable bonds is 4. The first-order valence-corrected chi connectivity index (χ1v) is 20.0. The fourth-order valence-corrected chi connectivity index (χ4v) is 9.64. The van der Waals surface area contributed by atoms with E-state index >= 15 is 0 Å². The second-order valence-corrected chi connectivity index (χ2v) is 16.1. The van der Waals surface area contributed by atoms with Crippen LogP contribution < -0.4 is 14.8 Å². The van der Waals surface area contributed by atoms with Crippen molar-refractivity contribution in [3.8, 4) is 22.5 Å². The maximum Gasteiger partial charge on any atom is 0.243 e. The molecule has 6 nitrogen and oxygen atoms in total. The first-order chi connectivity index (χ1) is 24.9. The van der Waals surface area contributed by atoms with Crippen molar-refractivity contribution < 1.29 is 12.8 Å². The molecule has 0 amide bonds. The monoisotopic (exact) mass is 696 g/mol. The van der Waals surface area contributed by atoms with Crippen molar-refractivity contribution >= 4 is 38.1 Å². The number of para-hydroxylation sites is 2. The molecule has 4 aliphatic heterocycles. The highest BCUT2D eigenvalue weighted by atomic mass is 32.2. The molecule has 0 unspecified atom stereocenters. The molecule has 0 spiro atoms. The average molecular weight is 697 g/mol. The molecular weight excluding hydrogens is 651 g/mol. The van der Waals surface area contributed by atoms with Crippen LogP contribution in [0.3, 0.4) is 0 Å². The predicted molar refractivity (Wildman–Crippen MR) is 208 cm³/mol. The van der Waals surface area contributed by atoms with Gasteiger partial charge in [0.25, 0.3) is 0 Å². The van der Waals surface area contributed by atoms with Gasteiger partial charge in [0.05, 0.1) is 11.0 Å². The third-order valence-corrected chi connectivity index (χ3v) is 12.6. The van der Waals surface area contributed by atoms with Crippen LogP contribution in [0.4, 0.5) is 17.1 Å². The fourth-order valence-electron chi connectivity index (χ4n) is 7.97. The van der Waals surface area contributed by atoms with Gasteiger partial charge >= 0.3 is 0 Å². The Morgan fingerprint density at radius 2 is 1.49 bits per heavy atom. The SMILES string of the molecule is CC1CCN(S(=O)(=O)c2ccccc2-c2c3ccc(=[N+]4CCc5ccccc54)cc-3oc3cc(N4CCc5ccccc54)ccc23)CC1.CCC. The van der Waals surface area contributed by atoms with Crippen LogP contribution in [-0.2, 0) is 22.9 Å². The van der Waals surface area contributed by atoms with Crippen LogP contribution in [0.15, 0.2) is 119 Å². The molecule has 5 aliphatic rings. The number of hydrogen-bond acceptors (Lipinski definition) is 4. The number of sulfonamides is 1. The zero-order chi connectivity index (χ0) is 35.1. The normalized spacial score (nSPS) is 17.4. The van der Waals surface area contributed by atoms with Gasteiger partial charge < -0.3 is 9.32 Å². The lowest BCUT2D eigenvalue weighted by Crippen LogP contribution is -2.38. The molecule has 0 N–H and O–H groups in total. The molecular formula is C44H46N3O3S+. The van der Waals surface area contributed by atoms with Crippen LogP contribution in [0.1, 0.15) is 51.2 Å². The summed E-state index contributed by atoms with van der Waals surface area (Å²) in [5, 5.41) is 1.96. The summed E-state index contributed by atoms with van der Waals surface area (Å²) in [6.07, 6.45) is 5.00. The van der Waals surface area contributed by atoms with Crippen molar-refractivity contribution in [2.75, 3.05) is 31.1 Å². The van der Waals surface area contributed by atoms with E-state index < -0.39 is 10.0 Å². The Kier molecular flexibility index (Phi) is 9.03. The smallest absolute Gasteiger partial charge is 0.243 e. The summed E-state index contributed by atoms with van der Waals surface area (Å²) in [6.45, 7) is 9.35. The maximum atomic E-state index is 14.3. The molecule has 4 heterocycles. The highest BCUT2D eigenvalue weighted by Gasteiger charge is 2.32. The molecule has 1 aliphatic carbocycles. The third-order valence-electron chi connectivity index (χ3n) is 10.6. The molecule has 9 rings (SSSR count). The van der Waals surface area contributed by atoms with Crippen LogP contribution >= 0.6 is 0 Å². The van der Waals surface area contributed by atoms with E-state index in [1.807, 2.05) is 18.2 Å². The highest BCUT2D eigenvalue weighted by molar-refractivity contribution is 7.89. The Hall–Kier alpha value is -4.72. The number of piperidine rings is 1. The Labute approximate surface area is 301 Å². The van der Waals surface area contributed by atoms with Crippen molar-refractivity contribution in [3.63, 3.8) is 0 Å². The standard InChI is InChI=1S/C41H38N3O3S.C3H8/c1-28-18-22-42(23-19-28)48(45,46)40-13-7-4-10-35(40)41-33-16-14-31(43-24-20-29-8-2-5-11-36(29)43)26-38(33)47-39-27-32(15-17-34(39)41)44-25-21-30-9-3-6-12-37(30)44;1-3-2/h2-17,26-28H,18-25H2,1H3;3H2,1-2H3/q+1;. The van der Waals surface area contributed by atoms with E-state index in [0.717, 1.165) is 77.7 Å². The number of nitrogens with zero attached hydrogens (tertiary/aromatic N) is 3. The van der Waals surface area contributed by atoms with Crippen molar-refractivity contribution in [3.05, 3.63) is 126 Å². The van der Waals surface area contributed by atoms with Crippen molar-refractivity contribution in [2.24, 2.45) is 5.92 Å². The van der Waals surface area contributed by atoms with E-state index in [1.54, 1.807) is 10.4 Å². The van der Waals surface area contributed by atoms with Gasteiger partial charge in [-0.05, 0) is 61.1 Å². The Morgan fingerprint density at radius 1 is 0.765 bits per heavy atom. The Bertz CT molecular complexity index is 2390. The van der Waals surface area contributed by atoms with Gasteiger partial charge in [-0.2, -0.15) is 8.88 Å². The van der Waals surface area contributed by atoms with Crippen LogP contribution in [0.5, 0.6) is 0 Å². The summed E-state index contributed by atoms with van der Waals surface area (Å²) in [5.74, 6) is 1.27. The minimum Gasteiger partial charge on any atom is -0.456 e. The zero-order valence-corrected chi connectivity index (χ0v) is 30.6. The minimum atomic E-state index is -3.72. The molecule has 0 atom stereocenters. The summed E-state index contributed by atoms with van der Waals surface area (Å²) in [7, 11) is -3.72. The quantitative estimate of drug-likeness (QED) is 0.136. The molecule has 260 valence electrons. The zero-order valence-electron chi connectivity index (χ0n) is 29.8. The number of benzene rings is 5. The van der Waals surface area contributed by atoms with E-state index in [4.69, 9.17) is 4.42 Å². The molecule has 1 fully saturated rings. The molecule has 0 bridgehead atoms. The van der Waals surface area contributed by atoms with Crippen molar-refractivity contribution in [1.82, 2.24) is 8.88 Å². The molecule has 0 aromatic heterocycles. The largest absolute Gasteiger partial charge is 0.456 e. The lowest BCUT2D eigenvalue weighted by Gasteiger charge is -2.30. The van der Waals surface area contributed by atoms with E-state index in [-0.39, 0.29) is 0 Å². The average Bonchev–Trinajstić information content (AvgIpc) is 3.79. The van der Waals surface area contributed by atoms with Gasteiger partial charge in [0, 0.05) is 83.3 Å². The van der Waals surface area contributed by atoms with Crippen molar-refractivity contribution in [2.45, 2.75) is 57.8 Å². The summed E-state index contributed by atoms with van der Waals surface area (Å²) in [6, 6.07) is 37.4. The molecule has 4 aromatic carbocycles. The van der Waals surface area contributed by atoms with Crippen LogP contribution in [-0.4, -0.2) is 38.9 Å². The fraction of sp³-hybridized carbons (Fsp3) is 0.295. The molecule has 1 saturated heterocycles. The van der Waals surface area contributed by atoms with Crippen LogP contribution in [0.2, 0.25) is 0 Å². The van der Waals surface area contributed by atoms with Gasteiger partial charge in [0.1, 0.15) is 11.3 Å². The highest BCUT2D eigenvalue weighted by Crippen LogP contribution is 2.45. The Morgan fingerprint density at radius 3 is 2.31 bits per heavy atom. The summed E-state index contributed by atoms with van der Waals surface area (Å²) >= 11 is 0. The maximum absolute atomic E-state index is 14.3. The van der Waals surface area contributed by atoms with Gasteiger partial charge in [0.2, 0.25) is 21.1 Å². The summed E-state index contributed by atoms with van der Waals surface area (Å²) < 4.78 is 39.5. The summed E-state index contributed by atoms with van der Waals surface area (Å²) in [5.41, 5.74) is 9.42. The number of fused-ring (bicyclic) bond motifs is 4. The number of hydrogen-bond donors (Lipinski definition) is 0. The summed E-state index contributed by atoms with van der Waals surface area (Å²) in [4.78, 5) is 2.70. The lowest BCUT2D eigenvalue weighted by molar-refractivity contribution is 0.288. The molecule has 51 heavy (non-hydrogen) atoms.